The van der Waals surface area contributed by atoms with E-state index in [0.717, 1.165) is 30.0 Å². The Balaban J connectivity index is 1.91. The van der Waals surface area contributed by atoms with Crippen LogP contribution in [-0.4, -0.2) is 11.6 Å². The average molecular weight is 277 g/mol. The van der Waals surface area contributed by atoms with Crippen molar-refractivity contribution in [3.8, 4) is 5.75 Å². The Labute approximate surface area is 118 Å². The summed E-state index contributed by atoms with van der Waals surface area (Å²) in [7, 11) is 0. The molecule has 0 unspecified atom stereocenters. The molecule has 2 aromatic rings. The Morgan fingerprint density at radius 2 is 2.00 bits per heavy atom. The van der Waals surface area contributed by atoms with E-state index in [2.05, 4.69) is 17.2 Å². The molecule has 0 saturated carbocycles. The summed E-state index contributed by atoms with van der Waals surface area (Å²) in [6.45, 7) is 3.52. The lowest BCUT2D eigenvalue weighted by molar-refractivity contribution is 0.317. The molecule has 0 atom stereocenters. The predicted molar refractivity (Wildman–Crippen MR) is 78.8 cm³/mol. The maximum atomic E-state index is 6.05. The molecule has 0 bridgehead atoms. The SMILES string of the molecule is CCCOc1ccc(NCc2ccncc2Cl)cc1. The largest absolute Gasteiger partial charge is 0.494 e. The summed E-state index contributed by atoms with van der Waals surface area (Å²) >= 11 is 6.05. The number of halogens is 1. The lowest BCUT2D eigenvalue weighted by Crippen LogP contribution is -2.00. The summed E-state index contributed by atoms with van der Waals surface area (Å²) in [6.07, 6.45) is 4.41. The normalized spacial score (nSPS) is 10.2. The quantitative estimate of drug-likeness (QED) is 0.861. The van der Waals surface area contributed by atoms with Crippen LogP contribution in [0, 0.1) is 0 Å². The molecule has 1 N–H and O–H groups in total. The Morgan fingerprint density at radius 1 is 1.21 bits per heavy atom. The highest BCUT2D eigenvalue weighted by Crippen LogP contribution is 2.18. The van der Waals surface area contributed by atoms with E-state index in [0.29, 0.717) is 11.6 Å². The Bertz CT molecular complexity index is 514. The van der Waals surface area contributed by atoms with E-state index in [-0.39, 0.29) is 0 Å². The Kier molecular flexibility index (Phi) is 5.04. The average Bonchev–Trinajstić information content (AvgIpc) is 2.45. The number of rotatable bonds is 6. The molecular weight excluding hydrogens is 260 g/mol. The van der Waals surface area contributed by atoms with E-state index in [9.17, 15) is 0 Å². The summed E-state index contributed by atoms with van der Waals surface area (Å²) in [5, 5.41) is 4.00. The van der Waals surface area contributed by atoms with Crippen molar-refractivity contribution in [1.29, 1.82) is 0 Å². The van der Waals surface area contributed by atoms with E-state index in [1.54, 1.807) is 12.4 Å². The van der Waals surface area contributed by atoms with E-state index < -0.39 is 0 Å². The van der Waals surface area contributed by atoms with Crippen molar-refractivity contribution in [3.63, 3.8) is 0 Å². The number of ether oxygens (including phenoxy) is 1. The zero-order chi connectivity index (χ0) is 13.5. The van der Waals surface area contributed by atoms with Crippen LogP contribution in [0.4, 0.5) is 5.69 Å². The smallest absolute Gasteiger partial charge is 0.119 e. The number of benzene rings is 1. The molecule has 0 aliphatic rings. The van der Waals surface area contributed by atoms with Crippen molar-refractivity contribution in [2.24, 2.45) is 0 Å². The Morgan fingerprint density at radius 3 is 2.68 bits per heavy atom. The van der Waals surface area contributed by atoms with Gasteiger partial charge in [0.15, 0.2) is 0 Å². The van der Waals surface area contributed by atoms with Gasteiger partial charge < -0.3 is 10.1 Å². The molecule has 4 heteroatoms. The molecule has 100 valence electrons. The molecule has 0 saturated heterocycles. The first-order chi connectivity index (χ1) is 9.29. The highest BCUT2D eigenvalue weighted by molar-refractivity contribution is 6.31. The maximum Gasteiger partial charge on any atom is 0.119 e. The molecule has 1 aromatic heterocycles. The summed E-state index contributed by atoms with van der Waals surface area (Å²) < 4.78 is 5.53. The molecule has 19 heavy (non-hydrogen) atoms. The van der Waals surface area contributed by atoms with Crippen molar-refractivity contribution in [1.82, 2.24) is 4.98 Å². The molecule has 0 spiro atoms. The summed E-state index contributed by atoms with van der Waals surface area (Å²) in [5.74, 6) is 0.898. The van der Waals surface area contributed by atoms with Gasteiger partial charge in [0.2, 0.25) is 0 Å². The monoisotopic (exact) mass is 276 g/mol. The first kappa shape index (κ1) is 13.7. The first-order valence-electron chi connectivity index (χ1n) is 6.34. The van der Waals surface area contributed by atoms with Gasteiger partial charge in [0, 0.05) is 24.6 Å². The zero-order valence-electron chi connectivity index (χ0n) is 10.9. The third-order valence-corrected chi connectivity index (χ3v) is 3.01. The van der Waals surface area contributed by atoms with Crippen LogP contribution < -0.4 is 10.1 Å². The van der Waals surface area contributed by atoms with Crippen LogP contribution in [0.2, 0.25) is 5.02 Å². The van der Waals surface area contributed by atoms with Gasteiger partial charge in [-0.25, -0.2) is 0 Å². The number of hydrogen-bond donors (Lipinski definition) is 1. The van der Waals surface area contributed by atoms with Crippen molar-refractivity contribution in [2.45, 2.75) is 19.9 Å². The first-order valence-corrected chi connectivity index (χ1v) is 6.72. The second-order valence-electron chi connectivity index (χ2n) is 4.19. The minimum atomic E-state index is 0.677. The number of aromatic nitrogens is 1. The van der Waals surface area contributed by atoms with Gasteiger partial charge in [-0.05, 0) is 42.3 Å². The van der Waals surface area contributed by atoms with E-state index in [1.165, 1.54) is 0 Å². The minimum Gasteiger partial charge on any atom is -0.494 e. The molecule has 1 aromatic carbocycles. The van der Waals surface area contributed by atoms with E-state index >= 15 is 0 Å². The number of pyridine rings is 1. The second-order valence-corrected chi connectivity index (χ2v) is 4.60. The lowest BCUT2D eigenvalue weighted by Gasteiger charge is -2.09. The summed E-state index contributed by atoms with van der Waals surface area (Å²) in [5.41, 5.74) is 2.07. The van der Waals surface area contributed by atoms with Crippen LogP contribution in [0.25, 0.3) is 0 Å². The van der Waals surface area contributed by atoms with E-state index in [1.807, 2.05) is 30.3 Å². The van der Waals surface area contributed by atoms with Gasteiger partial charge in [0.05, 0.1) is 11.6 Å². The van der Waals surface area contributed by atoms with Gasteiger partial charge in [-0.1, -0.05) is 18.5 Å². The minimum absolute atomic E-state index is 0.677. The molecule has 0 amide bonds. The van der Waals surface area contributed by atoms with Gasteiger partial charge in [0.25, 0.3) is 0 Å². The number of anilines is 1. The predicted octanol–water partition coefficient (Wildman–Crippen LogP) is 4.14. The highest BCUT2D eigenvalue weighted by atomic mass is 35.5. The molecule has 0 aliphatic carbocycles. The van der Waals surface area contributed by atoms with Crippen molar-refractivity contribution in [3.05, 3.63) is 53.3 Å². The fourth-order valence-corrected chi connectivity index (χ4v) is 1.82. The number of nitrogens with one attached hydrogen (secondary N) is 1. The molecule has 0 radical (unpaired) electrons. The molecule has 3 nitrogen and oxygen atoms in total. The van der Waals surface area contributed by atoms with Gasteiger partial charge in [-0.15, -0.1) is 0 Å². The number of nitrogens with zero attached hydrogens (tertiary/aromatic N) is 1. The molecule has 0 aliphatic heterocycles. The molecular formula is C15H17ClN2O. The van der Waals surface area contributed by atoms with Crippen LogP contribution in [-0.2, 0) is 6.54 Å². The fourth-order valence-electron chi connectivity index (χ4n) is 1.63. The van der Waals surface area contributed by atoms with Crippen molar-refractivity contribution < 1.29 is 4.74 Å². The third kappa shape index (κ3) is 4.14. The van der Waals surface area contributed by atoms with Crippen molar-refractivity contribution in [2.75, 3.05) is 11.9 Å². The van der Waals surface area contributed by atoms with Crippen molar-refractivity contribution >= 4 is 17.3 Å². The van der Waals surface area contributed by atoms with Crippen LogP contribution >= 0.6 is 11.6 Å². The fraction of sp³-hybridized carbons (Fsp3) is 0.267. The summed E-state index contributed by atoms with van der Waals surface area (Å²) in [4.78, 5) is 3.96. The van der Waals surface area contributed by atoms with Crippen LogP contribution in [0.1, 0.15) is 18.9 Å². The zero-order valence-corrected chi connectivity index (χ0v) is 11.7. The van der Waals surface area contributed by atoms with Crippen LogP contribution in [0.3, 0.4) is 0 Å². The van der Waals surface area contributed by atoms with E-state index in [4.69, 9.17) is 16.3 Å². The van der Waals surface area contributed by atoms with Crippen LogP contribution in [0.5, 0.6) is 5.75 Å². The molecule has 0 fully saturated rings. The third-order valence-electron chi connectivity index (χ3n) is 2.67. The van der Waals surface area contributed by atoms with Gasteiger partial charge in [0.1, 0.15) is 5.75 Å². The van der Waals surface area contributed by atoms with Gasteiger partial charge >= 0.3 is 0 Å². The maximum absolute atomic E-state index is 6.05. The second kappa shape index (κ2) is 7.00. The topological polar surface area (TPSA) is 34.1 Å². The lowest BCUT2D eigenvalue weighted by atomic mass is 10.2. The number of hydrogen-bond acceptors (Lipinski definition) is 3. The molecule has 1 heterocycles. The van der Waals surface area contributed by atoms with Gasteiger partial charge in [-0.3, -0.25) is 4.98 Å². The summed E-state index contributed by atoms with van der Waals surface area (Å²) in [6, 6.07) is 9.84. The Hall–Kier alpha value is -1.74. The highest BCUT2D eigenvalue weighted by Gasteiger charge is 2.00. The van der Waals surface area contributed by atoms with Gasteiger partial charge in [-0.2, -0.15) is 0 Å². The standard InChI is InChI=1S/C15H17ClN2O/c1-2-9-19-14-5-3-13(4-6-14)18-10-12-7-8-17-11-15(12)16/h3-8,11,18H,2,9-10H2,1H3. The molecule has 2 rings (SSSR count). The van der Waals surface area contributed by atoms with Crippen LogP contribution in [0.15, 0.2) is 42.7 Å².